The van der Waals surface area contributed by atoms with E-state index in [9.17, 15) is 4.79 Å². The SMILES string of the molecule is CN=C(NCC(=O)NCc1ccc(OC)cc1)N1CCN(c2ccc(OC)cc2)CC1.I. The number of amides is 1. The molecule has 0 unspecified atom stereocenters. The van der Waals surface area contributed by atoms with Gasteiger partial charge in [-0.05, 0) is 42.0 Å². The highest BCUT2D eigenvalue weighted by molar-refractivity contribution is 14.0. The standard InChI is InChI=1S/C23H31N5O3.HI/c1-24-23(26-17-22(29)25-16-18-4-8-20(30-2)9-5-18)28-14-12-27(13-15-28)19-6-10-21(31-3)11-7-19;/h4-11H,12-17H2,1-3H3,(H,24,26)(H,25,29);1H. The van der Waals surface area contributed by atoms with Crippen LogP contribution in [0.1, 0.15) is 5.56 Å². The molecule has 1 fully saturated rings. The van der Waals surface area contributed by atoms with Crippen LogP contribution in [0, 0.1) is 0 Å². The highest BCUT2D eigenvalue weighted by Crippen LogP contribution is 2.20. The molecule has 2 aromatic carbocycles. The number of aliphatic imine (C=N–C) groups is 1. The summed E-state index contributed by atoms with van der Waals surface area (Å²) < 4.78 is 10.4. The largest absolute Gasteiger partial charge is 0.497 e. The lowest BCUT2D eigenvalue weighted by atomic mass is 10.2. The zero-order valence-corrected chi connectivity index (χ0v) is 21.2. The first kappa shape index (κ1) is 25.6. The van der Waals surface area contributed by atoms with Crippen LogP contribution in [-0.2, 0) is 11.3 Å². The number of guanidine groups is 1. The first-order valence-electron chi connectivity index (χ1n) is 10.4. The van der Waals surface area contributed by atoms with Crippen molar-refractivity contribution in [3.05, 3.63) is 54.1 Å². The lowest BCUT2D eigenvalue weighted by Gasteiger charge is -2.37. The predicted octanol–water partition coefficient (Wildman–Crippen LogP) is 2.34. The minimum atomic E-state index is -0.0752. The van der Waals surface area contributed by atoms with E-state index < -0.39 is 0 Å². The average molecular weight is 553 g/mol. The number of hydrogen-bond acceptors (Lipinski definition) is 5. The summed E-state index contributed by atoms with van der Waals surface area (Å²) in [6.45, 7) is 4.09. The van der Waals surface area contributed by atoms with Gasteiger partial charge < -0.3 is 29.9 Å². The molecule has 9 heteroatoms. The Kier molecular flexibility index (Phi) is 10.4. The molecule has 0 aromatic heterocycles. The van der Waals surface area contributed by atoms with E-state index in [1.54, 1.807) is 21.3 Å². The van der Waals surface area contributed by atoms with Crippen LogP contribution >= 0.6 is 24.0 Å². The fraction of sp³-hybridized carbons (Fsp3) is 0.391. The van der Waals surface area contributed by atoms with Crippen molar-refractivity contribution in [1.82, 2.24) is 15.5 Å². The number of methoxy groups -OCH3 is 2. The Morgan fingerprint density at radius 2 is 1.47 bits per heavy atom. The van der Waals surface area contributed by atoms with Crippen LogP contribution < -0.4 is 25.0 Å². The minimum absolute atomic E-state index is 0. The second-order valence-electron chi connectivity index (χ2n) is 7.20. The fourth-order valence-corrected chi connectivity index (χ4v) is 3.47. The fourth-order valence-electron chi connectivity index (χ4n) is 3.47. The monoisotopic (exact) mass is 553 g/mol. The molecular formula is C23H32IN5O3. The smallest absolute Gasteiger partial charge is 0.239 e. The lowest BCUT2D eigenvalue weighted by molar-refractivity contribution is -0.120. The predicted molar refractivity (Wildman–Crippen MR) is 138 cm³/mol. The summed E-state index contributed by atoms with van der Waals surface area (Å²) in [4.78, 5) is 21.1. The maximum atomic E-state index is 12.2. The van der Waals surface area contributed by atoms with Crippen molar-refractivity contribution in [1.29, 1.82) is 0 Å². The van der Waals surface area contributed by atoms with Crippen LogP contribution in [0.5, 0.6) is 11.5 Å². The summed E-state index contributed by atoms with van der Waals surface area (Å²) in [5.74, 6) is 2.33. The van der Waals surface area contributed by atoms with Crippen LogP contribution in [0.15, 0.2) is 53.5 Å². The van der Waals surface area contributed by atoms with E-state index in [1.165, 1.54) is 5.69 Å². The van der Waals surface area contributed by atoms with Gasteiger partial charge in [-0.3, -0.25) is 9.79 Å². The normalized spacial score (nSPS) is 13.8. The molecule has 0 saturated carbocycles. The second-order valence-corrected chi connectivity index (χ2v) is 7.20. The van der Waals surface area contributed by atoms with Gasteiger partial charge in [0.15, 0.2) is 5.96 Å². The number of carbonyl (C=O) groups is 1. The van der Waals surface area contributed by atoms with Crippen molar-refractivity contribution < 1.29 is 14.3 Å². The molecule has 1 aliphatic heterocycles. The van der Waals surface area contributed by atoms with Crippen molar-refractivity contribution >= 4 is 41.5 Å². The van der Waals surface area contributed by atoms with Crippen molar-refractivity contribution in [2.45, 2.75) is 6.54 Å². The molecule has 1 amide bonds. The van der Waals surface area contributed by atoms with E-state index in [0.29, 0.717) is 6.54 Å². The molecule has 1 heterocycles. The first-order valence-corrected chi connectivity index (χ1v) is 10.4. The van der Waals surface area contributed by atoms with Crippen LogP contribution in [-0.4, -0.2) is 70.8 Å². The second kappa shape index (κ2) is 13.0. The van der Waals surface area contributed by atoms with Gasteiger partial charge >= 0.3 is 0 Å². The van der Waals surface area contributed by atoms with Crippen molar-refractivity contribution in [3.63, 3.8) is 0 Å². The highest BCUT2D eigenvalue weighted by Gasteiger charge is 2.20. The number of benzene rings is 2. The maximum Gasteiger partial charge on any atom is 0.239 e. The molecule has 2 N–H and O–H groups in total. The van der Waals surface area contributed by atoms with Gasteiger partial charge in [0.05, 0.1) is 20.8 Å². The molecular weight excluding hydrogens is 521 g/mol. The highest BCUT2D eigenvalue weighted by atomic mass is 127. The maximum absolute atomic E-state index is 12.2. The molecule has 32 heavy (non-hydrogen) atoms. The van der Waals surface area contributed by atoms with Gasteiger partial charge in [0.25, 0.3) is 0 Å². The number of nitrogens with zero attached hydrogens (tertiary/aromatic N) is 3. The summed E-state index contributed by atoms with van der Waals surface area (Å²) in [5, 5.41) is 6.09. The van der Waals surface area contributed by atoms with Gasteiger partial charge in [-0.25, -0.2) is 0 Å². The molecule has 0 bridgehead atoms. The van der Waals surface area contributed by atoms with Crippen molar-refractivity contribution in [2.75, 3.05) is 58.9 Å². The van der Waals surface area contributed by atoms with E-state index in [2.05, 4.69) is 37.6 Å². The van der Waals surface area contributed by atoms with Gasteiger partial charge in [0, 0.05) is 45.5 Å². The van der Waals surface area contributed by atoms with Crippen molar-refractivity contribution in [2.24, 2.45) is 4.99 Å². The molecule has 8 nitrogen and oxygen atoms in total. The zero-order chi connectivity index (χ0) is 22.1. The number of piperazine rings is 1. The molecule has 0 spiro atoms. The number of hydrogen-bond donors (Lipinski definition) is 2. The van der Waals surface area contributed by atoms with E-state index >= 15 is 0 Å². The Morgan fingerprint density at radius 1 is 0.906 bits per heavy atom. The molecule has 2 aromatic rings. The van der Waals surface area contributed by atoms with Crippen LogP contribution in [0.3, 0.4) is 0 Å². The Morgan fingerprint density at radius 3 is 2.00 bits per heavy atom. The molecule has 3 rings (SSSR count). The third kappa shape index (κ3) is 7.18. The third-order valence-electron chi connectivity index (χ3n) is 5.28. The Labute approximate surface area is 207 Å². The van der Waals surface area contributed by atoms with Crippen LogP contribution in [0.4, 0.5) is 5.69 Å². The topological polar surface area (TPSA) is 78.4 Å². The molecule has 0 atom stereocenters. The lowest BCUT2D eigenvalue weighted by Crippen LogP contribution is -2.53. The third-order valence-corrected chi connectivity index (χ3v) is 5.28. The summed E-state index contributed by atoms with van der Waals surface area (Å²) in [6, 6.07) is 15.8. The van der Waals surface area contributed by atoms with E-state index in [-0.39, 0.29) is 36.4 Å². The quantitative estimate of drug-likeness (QED) is 0.312. The van der Waals surface area contributed by atoms with Gasteiger partial charge in [0.2, 0.25) is 5.91 Å². The van der Waals surface area contributed by atoms with Crippen LogP contribution in [0.25, 0.3) is 0 Å². The number of rotatable bonds is 7. The zero-order valence-electron chi connectivity index (χ0n) is 18.8. The molecule has 1 aliphatic rings. The number of nitrogens with one attached hydrogen (secondary N) is 2. The summed E-state index contributed by atoms with van der Waals surface area (Å²) >= 11 is 0. The van der Waals surface area contributed by atoms with Gasteiger partial charge in [-0.15, -0.1) is 24.0 Å². The Hall–Kier alpha value is -2.69. The van der Waals surface area contributed by atoms with E-state index in [0.717, 1.165) is 49.2 Å². The number of halogens is 1. The van der Waals surface area contributed by atoms with Gasteiger partial charge in [-0.2, -0.15) is 0 Å². The number of ether oxygens (including phenoxy) is 2. The van der Waals surface area contributed by atoms with Crippen LogP contribution in [0.2, 0.25) is 0 Å². The number of carbonyl (C=O) groups excluding carboxylic acids is 1. The minimum Gasteiger partial charge on any atom is -0.497 e. The Balaban J connectivity index is 0.00000363. The van der Waals surface area contributed by atoms with Crippen molar-refractivity contribution in [3.8, 4) is 11.5 Å². The average Bonchev–Trinajstić information content (AvgIpc) is 2.84. The molecule has 0 radical (unpaired) electrons. The Bertz CT molecular complexity index is 866. The molecule has 174 valence electrons. The summed E-state index contributed by atoms with van der Waals surface area (Å²) in [6.07, 6.45) is 0. The number of anilines is 1. The molecule has 0 aliphatic carbocycles. The first-order chi connectivity index (χ1) is 15.1. The summed E-state index contributed by atoms with van der Waals surface area (Å²) in [7, 11) is 5.05. The van der Waals surface area contributed by atoms with Gasteiger partial charge in [0.1, 0.15) is 11.5 Å². The molecule has 1 saturated heterocycles. The van der Waals surface area contributed by atoms with Gasteiger partial charge in [-0.1, -0.05) is 12.1 Å². The van der Waals surface area contributed by atoms with E-state index in [1.807, 2.05) is 36.4 Å². The van der Waals surface area contributed by atoms with E-state index in [4.69, 9.17) is 9.47 Å². The summed E-state index contributed by atoms with van der Waals surface area (Å²) in [5.41, 5.74) is 2.20.